The molecular weight excluding hydrogens is 391 g/mol. The van der Waals surface area contributed by atoms with E-state index in [1.807, 2.05) is 16.7 Å². The van der Waals surface area contributed by atoms with Crippen molar-refractivity contribution in [1.29, 1.82) is 0 Å². The lowest BCUT2D eigenvalue weighted by Gasteiger charge is -2.35. The van der Waals surface area contributed by atoms with E-state index in [-0.39, 0.29) is 17.5 Å². The number of aromatic nitrogens is 2. The summed E-state index contributed by atoms with van der Waals surface area (Å²) in [6.45, 7) is 0.163. The van der Waals surface area contributed by atoms with Gasteiger partial charge >= 0.3 is 6.18 Å². The van der Waals surface area contributed by atoms with Crippen molar-refractivity contribution in [1.82, 2.24) is 9.55 Å². The number of benzene rings is 2. The first-order valence-electron chi connectivity index (χ1n) is 8.52. The summed E-state index contributed by atoms with van der Waals surface area (Å²) in [7, 11) is -4.03. The largest absolute Gasteiger partial charge is 0.416 e. The van der Waals surface area contributed by atoms with E-state index in [0.717, 1.165) is 29.8 Å². The molecule has 0 saturated carbocycles. The number of sulfonamides is 1. The molecular formula is C19H16F3N3O2S. The summed E-state index contributed by atoms with van der Waals surface area (Å²) in [6.07, 6.45) is 1.12. The fraction of sp³-hybridized carbons (Fsp3) is 0.211. The van der Waals surface area contributed by atoms with Gasteiger partial charge in [0.15, 0.2) is 0 Å². The highest BCUT2D eigenvalue weighted by atomic mass is 32.2. The lowest BCUT2D eigenvalue weighted by atomic mass is 10.00. The van der Waals surface area contributed by atoms with Crippen molar-refractivity contribution in [3.63, 3.8) is 0 Å². The third kappa shape index (κ3) is 3.26. The third-order valence-corrected chi connectivity index (χ3v) is 6.60. The van der Waals surface area contributed by atoms with Gasteiger partial charge in [0, 0.05) is 12.4 Å². The monoisotopic (exact) mass is 407 g/mol. The van der Waals surface area contributed by atoms with Gasteiger partial charge in [0.2, 0.25) is 0 Å². The van der Waals surface area contributed by atoms with Crippen LogP contribution in [0.1, 0.15) is 17.2 Å². The van der Waals surface area contributed by atoms with E-state index in [1.54, 1.807) is 30.9 Å². The van der Waals surface area contributed by atoms with Crippen LogP contribution in [0.25, 0.3) is 0 Å². The van der Waals surface area contributed by atoms with E-state index in [1.165, 1.54) is 4.31 Å². The molecule has 0 N–H and O–H groups in total. The summed E-state index contributed by atoms with van der Waals surface area (Å²) in [4.78, 5) is 3.84. The van der Waals surface area contributed by atoms with Crippen LogP contribution in [0, 0.1) is 0 Å². The number of rotatable bonds is 3. The molecule has 1 aliphatic rings. The molecule has 2 aromatic carbocycles. The molecule has 5 nitrogen and oxygen atoms in total. The Bertz CT molecular complexity index is 1080. The van der Waals surface area contributed by atoms with Crippen molar-refractivity contribution in [2.45, 2.75) is 23.5 Å². The molecule has 1 unspecified atom stereocenters. The predicted octanol–water partition coefficient (Wildman–Crippen LogP) is 3.89. The number of imidazole rings is 1. The third-order valence-electron chi connectivity index (χ3n) is 4.81. The summed E-state index contributed by atoms with van der Waals surface area (Å²) in [6, 6.07) is 10.6. The van der Waals surface area contributed by atoms with Gasteiger partial charge in [-0.25, -0.2) is 13.4 Å². The van der Waals surface area contributed by atoms with Crippen LogP contribution in [-0.2, 0) is 22.6 Å². The maximum absolute atomic E-state index is 13.2. The molecule has 0 spiro atoms. The van der Waals surface area contributed by atoms with Gasteiger partial charge < -0.3 is 4.57 Å². The quantitative estimate of drug-likeness (QED) is 0.662. The lowest BCUT2D eigenvalue weighted by molar-refractivity contribution is -0.137. The topological polar surface area (TPSA) is 55.2 Å². The van der Waals surface area contributed by atoms with Crippen molar-refractivity contribution in [2.24, 2.45) is 0 Å². The zero-order valence-corrected chi connectivity index (χ0v) is 15.4. The van der Waals surface area contributed by atoms with Crippen molar-refractivity contribution >= 4 is 15.7 Å². The molecule has 0 saturated heterocycles. The lowest BCUT2D eigenvalue weighted by Crippen LogP contribution is -2.40. The molecule has 2 heterocycles. The maximum atomic E-state index is 13.2. The van der Waals surface area contributed by atoms with Crippen LogP contribution < -0.4 is 4.31 Å². The molecule has 9 heteroatoms. The number of para-hydroxylation sites is 1. The van der Waals surface area contributed by atoms with Crippen molar-refractivity contribution in [2.75, 3.05) is 10.8 Å². The SMILES string of the molecule is O=S(=O)(c1ccc(C(F)(F)F)cc1)N1CC(n2ccnc2)Cc2ccccc21. The molecule has 146 valence electrons. The molecule has 0 bridgehead atoms. The van der Waals surface area contributed by atoms with Gasteiger partial charge in [0.05, 0.1) is 35.1 Å². The standard InChI is InChI=1S/C19H16F3N3O2S/c20-19(21,22)15-5-7-17(8-6-15)28(26,27)25-12-16(24-10-9-23-13-24)11-14-3-1-2-4-18(14)25/h1-10,13,16H,11-12H2. The highest BCUT2D eigenvalue weighted by Crippen LogP contribution is 2.36. The number of nitrogens with zero attached hydrogens (tertiary/aromatic N) is 3. The van der Waals surface area contributed by atoms with Gasteiger partial charge in [-0.1, -0.05) is 18.2 Å². The van der Waals surface area contributed by atoms with Crippen molar-refractivity contribution < 1.29 is 21.6 Å². The minimum Gasteiger partial charge on any atom is -0.332 e. The van der Waals surface area contributed by atoms with Crippen LogP contribution in [0.2, 0.25) is 0 Å². The van der Waals surface area contributed by atoms with Crippen LogP contribution in [0.3, 0.4) is 0 Å². The average Bonchev–Trinajstić information content (AvgIpc) is 3.21. The summed E-state index contributed by atoms with van der Waals surface area (Å²) in [5, 5.41) is 0. The van der Waals surface area contributed by atoms with E-state index in [4.69, 9.17) is 0 Å². The Morgan fingerprint density at radius 3 is 2.39 bits per heavy atom. The summed E-state index contributed by atoms with van der Waals surface area (Å²) < 4.78 is 68.0. The zero-order valence-electron chi connectivity index (χ0n) is 14.5. The highest BCUT2D eigenvalue weighted by Gasteiger charge is 2.35. The first kappa shape index (κ1) is 18.5. The summed E-state index contributed by atoms with van der Waals surface area (Å²) >= 11 is 0. The second kappa shape index (κ2) is 6.66. The normalized spacial score (nSPS) is 17.4. The van der Waals surface area contributed by atoms with Gasteiger partial charge in [-0.15, -0.1) is 0 Å². The Balaban J connectivity index is 1.75. The minimum atomic E-state index is -4.52. The first-order valence-corrected chi connectivity index (χ1v) is 9.96. The Hall–Kier alpha value is -2.81. The van der Waals surface area contributed by atoms with Gasteiger partial charge in [0.1, 0.15) is 0 Å². The fourth-order valence-electron chi connectivity index (χ4n) is 3.39. The smallest absolute Gasteiger partial charge is 0.332 e. The Kier molecular flexibility index (Phi) is 4.41. The second-order valence-electron chi connectivity index (χ2n) is 6.55. The maximum Gasteiger partial charge on any atom is 0.416 e. The van der Waals surface area contributed by atoms with E-state index >= 15 is 0 Å². The van der Waals surface area contributed by atoms with Crippen LogP contribution in [0.5, 0.6) is 0 Å². The Morgan fingerprint density at radius 1 is 1.04 bits per heavy atom. The zero-order chi connectivity index (χ0) is 19.9. The number of hydrogen-bond donors (Lipinski definition) is 0. The second-order valence-corrected chi connectivity index (χ2v) is 8.42. The molecule has 4 rings (SSSR count). The van der Waals surface area contributed by atoms with Crippen LogP contribution in [0.4, 0.5) is 18.9 Å². The molecule has 3 aromatic rings. The van der Waals surface area contributed by atoms with E-state index in [0.29, 0.717) is 12.1 Å². The number of anilines is 1. The van der Waals surface area contributed by atoms with E-state index in [9.17, 15) is 21.6 Å². The number of fused-ring (bicyclic) bond motifs is 1. The Morgan fingerprint density at radius 2 is 1.75 bits per heavy atom. The minimum absolute atomic E-state index is 0.163. The molecule has 28 heavy (non-hydrogen) atoms. The molecule has 1 aliphatic heterocycles. The molecule has 0 aliphatic carbocycles. The summed E-state index contributed by atoms with van der Waals surface area (Å²) in [5.41, 5.74) is 0.503. The predicted molar refractivity (Wildman–Crippen MR) is 97.4 cm³/mol. The number of halogens is 3. The van der Waals surface area contributed by atoms with Crippen molar-refractivity contribution in [3.05, 3.63) is 78.4 Å². The highest BCUT2D eigenvalue weighted by molar-refractivity contribution is 7.92. The van der Waals surface area contributed by atoms with Crippen LogP contribution in [-0.4, -0.2) is 24.5 Å². The van der Waals surface area contributed by atoms with Gasteiger partial charge in [-0.3, -0.25) is 4.31 Å². The van der Waals surface area contributed by atoms with Crippen molar-refractivity contribution in [3.8, 4) is 0 Å². The Labute approximate surface area is 160 Å². The van der Waals surface area contributed by atoms with Crippen LogP contribution in [0.15, 0.2) is 72.1 Å². The van der Waals surface area contributed by atoms with E-state index < -0.39 is 21.8 Å². The first-order chi connectivity index (χ1) is 13.3. The fourth-order valence-corrected chi connectivity index (χ4v) is 4.93. The van der Waals surface area contributed by atoms with Crippen LogP contribution >= 0.6 is 0 Å². The molecule has 0 amide bonds. The number of hydrogen-bond acceptors (Lipinski definition) is 3. The molecule has 1 aromatic heterocycles. The van der Waals surface area contributed by atoms with Gasteiger partial charge in [-0.05, 0) is 42.3 Å². The number of alkyl halides is 3. The summed E-state index contributed by atoms with van der Waals surface area (Å²) in [5.74, 6) is 0. The molecule has 0 fully saturated rings. The molecule has 1 atom stereocenters. The van der Waals surface area contributed by atoms with Gasteiger partial charge in [0.25, 0.3) is 10.0 Å². The molecule has 0 radical (unpaired) electrons. The van der Waals surface area contributed by atoms with E-state index in [2.05, 4.69) is 4.98 Å². The average molecular weight is 407 g/mol. The van der Waals surface area contributed by atoms with Gasteiger partial charge in [-0.2, -0.15) is 13.2 Å².